The second-order valence-electron chi connectivity index (χ2n) is 8.54. The highest BCUT2D eigenvalue weighted by Gasteiger charge is 2.44. The molecule has 3 rings (SSSR count). The molecule has 1 aromatic rings. The van der Waals surface area contributed by atoms with E-state index in [0.717, 1.165) is 31.0 Å². The molecule has 0 bridgehead atoms. The molecule has 1 unspecified atom stereocenters. The highest BCUT2D eigenvalue weighted by atomic mass is 35.5. The van der Waals surface area contributed by atoms with Crippen LogP contribution in [-0.2, 0) is 0 Å². The van der Waals surface area contributed by atoms with Gasteiger partial charge >= 0.3 is 0 Å². The average Bonchev–Trinajstić information content (AvgIpc) is 3.03. The number of likely N-dealkylation sites (tertiary alicyclic amines) is 1. The number of allylic oxidation sites excluding steroid dienone is 2. The van der Waals surface area contributed by atoms with Crippen molar-refractivity contribution in [3.05, 3.63) is 53.2 Å². The van der Waals surface area contributed by atoms with Crippen molar-refractivity contribution in [2.24, 2.45) is 11.3 Å². The van der Waals surface area contributed by atoms with Crippen LogP contribution in [0, 0.1) is 22.7 Å². The normalized spacial score (nSPS) is 20.7. The van der Waals surface area contributed by atoms with Gasteiger partial charge in [0.2, 0.25) is 0 Å². The molecule has 4 heteroatoms. The van der Waals surface area contributed by atoms with Crippen LogP contribution in [-0.4, -0.2) is 30.6 Å². The zero-order valence-corrected chi connectivity index (χ0v) is 19.5. The molecule has 2 aliphatic rings. The van der Waals surface area contributed by atoms with Gasteiger partial charge in [-0.05, 0) is 61.8 Å². The van der Waals surface area contributed by atoms with E-state index in [1.54, 1.807) is 0 Å². The van der Waals surface area contributed by atoms with Crippen molar-refractivity contribution in [2.45, 2.75) is 59.9 Å². The quantitative estimate of drug-likeness (QED) is 0.518. The van der Waals surface area contributed by atoms with Crippen LogP contribution in [0.4, 0.5) is 5.69 Å². The SMILES string of the molecule is C=C(/C=C\C(C)C)N1CCC2(CC1)CC(C)N(c1ccc(C#N)c(Cl)c1)C2.CC. The largest absolute Gasteiger partial charge is 0.372 e. The minimum atomic E-state index is 0.373. The van der Waals surface area contributed by atoms with Gasteiger partial charge in [0.1, 0.15) is 6.07 Å². The summed E-state index contributed by atoms with van der Waals surface area (Å²) < 4.78 is 0. The Hall–Kier alpha value is -1.92. The van der Waals surface area contributed by atoms with Crippen LogP contribution in [0.2, 0.25) is 5.02 Å². The van der Waals surface area contributed by atoms with Crippen LogP contribution in [0.25, 0.3) is 0 Å². The zero-order valence-electron chi connectivity index (χ0n) is 18.7. The molecule has 2 heterocycles. The van der Waals surface area contributed by atoms with E-state index in [9.17, 15) is 0 Å². The molecule has 1 spiro atoms. The van der Waals surface area contributed by atoms with E-state index >= 15 is 0 Å². The number of hydrogen-bond acceptors (Lipinski definition) is 3. The van der Waals surface area contributed by atoms with E-state index < -0.39 is 0 Å². The highest BCUT2D eigenvalue weighted by Crippen LogP contribution is 2.45. The van der Waals surface area contributed by atoms with Crippen molar-refractivity contribution in [2.75, 3.05) is 24.5 Å². The molecule has 0 aliphatic carbocycles. The standard InChI is InChI=1S/C23H30ClN3.C2H6/c1-17(2)5-6-18(3)26-11-9-23(10-12-26)14-19(4)27(16-23)21-8-7-20(15-25)22(24)13-21;1-2/h5-8,13,17,19H,3,9-12,14,16H2,1-2,4H3;1-2H3/b6-5-;. The van der Waals surface area contributed by atoms with E-state index in [2.05, 4.69) is 55.4 Å². The highest BCUT2D eigenvalue weighted by molar-refractivity contribution is 6.32. The van der Waals surface area contributed by atoms with Gasteiger partial charge in [0.05, 0.1) is 10.6 Å². The Balaban J connectivity index is 0.00000145. The van der Waals surface area contributed by atoms with Crippen molar-refractivity contribution >= 4 is 17.3 Å². The van der Waals surface area contributed by atoms with Crippen LogP contribution >= 0.6 is 11.6 Å². The van der Waals surface area contributed by atoms with E-state index in [1.165, 1.54) is 19.3 Å². The minimum absolute atomic E-state index is 0.373. The number of halogens is 1. The lowest BCUT2D eigenvalue weighted by atomic mass is 9.76. The molecule has 0 aromatic heterocycles. The maximum absolute atomic E-state index is 9.10. The molecule has 158 valence electrons. The Kier molecular flexibility index (Phi) is 8.23. The lowest BCUT2D eigenvalue weighted by Crippen LogP contribution is -2.40. The van der Waals surface area contributed by atoms with Crippen molar-refractivity contribution in [3.63, 3.8) is 0 Å². The summed E-state index contributed by atoms with van der Waals surface area (Å²) in [7, 11) is 0. The molecule has 3 nitrogen and oxygen atoms in total. The summed E-state index contributed by atoms with van der Waals surface area (Å²) in [6, 6.07) is 8.45. The molecule has 1 aromatic carbocycles. The van der Waals surface area contributed by atoms with Crippen LogP contribution < -0.4 is 4.90 Å². The summed E-state index contributed by atoms with van der Waals surface area (Å²) in [5.74, 6) is 0.557. The third-order valence-corrected chi connectivity index (χ3v) is 6.39. The lowest BCUT2D eigenvalue weighted by Gasteiger charge is -2.40. The second-order valence-corrected chi connectivity index (χ2v) is 8.95. The van der Waals surface area contributed by atoms with Gasteiger partial charge in [0.25, 0.3) is 0 Å². The summed E-state index contributed by atoms with van der Waals surface area (Å²) in [5.41, 5.74) is 3.19. The van der Waals surface area contributed by atoms with Crippen molar-refractivity contribution in [1.29, 1.82) is 5.26 Å². The van der Waals surface area contributed by atoms with Gasteiger partial charge in [-0.3, -0.25) is 0 Å². The summed E-state index contributed by atoms with van der Waals surface area (Å²) in [6.45, 7) is 18.2. The molecule has 1 atom stereocenters. The van der Waals surface area contributed by atoms with Crippen molar-refractivity contribution in [3.8, 4) is 6.07 Å². The molecule has 2 fully saturated rings. The first-order chi connectivity index (χ1) is 13.8. The van der Waals surface area contributed by atoms with E-state index in [-0.39, 0.29) is 0 Å². The van der Waals surface area contributed by atoms with Gasteiger partial charge in [0, 0.05) is 37.1 Å². The Labute approximate surface area is 182 Å². The second kappa shape index (κ2) is 10.2. The number of hydrogen-bond donors (Lipinski definition) is 0. The van der Waals surface area contributed by atoms with E-state index in [0.29, 0.717) is 28.0 Å². The molecule has 0 amide bonds. The number of anilines is 1. The maximum Gasteiger partial charge on any atom is 0.101 e. The van der Waals surface area contributed by atoms with E-state index in [1.807, 2.05) is 32.0 Å². The first-order valence-electron chi connectivity index (χ1n) is 10.9. The monoisotopic (exact) mass is 413 g/mol. The van der Waals surface area contributed by atoms with Crippen LogP contribution in [0.1, 0.15) is 59.4 Å². The molecule has 29 heavy (non-hydrogen) atoms. The summed E-state index contributed by atoms with van der Waals surface area (Å²) in [4.78, 5) is 4.90. The zero-order chi connectivity index (χ0) is 21.6. The van der Waals surface area contributed by atoms with Crippen LogP contribution in [0.3, 0.4) is 0 Å². The number of nitrogens with zero attached hydrogens (tertiary/aromatic N) is 3. The Bertz CT molecular complexity index is 767. The molecule has 2 aliphatic heterocycles. The molecule has 0 radical (unpaired) electrons. The fraction of sp³-hybridized carbons (Fsp3) is 0.560. The van der Waals surface area contributed by atoms with Gasteiger partial charge in [-0.1, -0.05) is 52.0 Å². The summed E-state index contributed by atoms with van der Waals surface area (Å²) >= 11 is 6.27. The lowest BCUT2D eigenvalue weighted by molar-refractivity contribution is 0.147. The topological polar surface area (TPSA) is 30.3 Å². The van der Waals surface area contributed by atoms with Crippen molar-refractivity contribution in [1.82, 2.24) is 4.90 Å². The Morgan fingerprint density at radius 3 is 2.52 bits per heavy atom. The summed E-state index contributed by atoms with van der Waals surface area (Å²) in [5, 5.41) is 9.65. The average molecular weight is 414 g/mol. The van der Waals surface area contributed by atoms with Crippen LogP contribution in [0.15, 0.2) is 42.6 Å². The third-order valence-electron chi connectivity index (χ3n) is 6.07. The molecule has 0 saturated carbocycles. The number of rotatable bonds is 4. The summed E-state index contributed by atoms with van der Waals surface area (Å²) in [6.07, 6.45) is 8.01. The third kappa shape index (κ3) is 5.58. The number of benzene rings is 1. The number of nitriles is 1. The van der Waals surface area contributed by atoms with Gasteiger partial charge in [-0.25, -0.2) is 0 Å². The Morgan fingerprint density at radius 1 is 1.31 bits per heavy atom. The first-order valence-corrected chi connectivity index (χ1v) is 11.3. The van der Waals surface area contributed by atoms with Gasteiger partial charge in [0.15, 0.2) is 0 Å². The maximum atomic E-state index is 9.10. The fourth-order valence-corrected chi connectivity index (χ4v) is 4.69. The van der Waals surface area contributed by atoms with Crippen molar-refractivity contribution < 1.29 is 0 Å². The number of piperidine rings is 1. The predicted molar refractivity (Wildman–Crippen MR) is 125 cm³/mol. The molecular weight excluding hydrogens is 378 g/mol. The fourth-order valence-electron chi connectivity index (χ4n) is 4.48. The molecule has 0 N–H and O–H groups in total. The van der Waals surface area contributed by atoms with E-state index in [4.69, 9.17) is 16.9 Å². The van der Waals surface area contributed by atoms with Crippen LogP contribution in [0.5, 0.6) is 0 Å². The molecule has 2 saturated heterocycles. The van der Waals surface area contributed by atoms with Gasteiger partial charge in [-0.2, -0.15) is 5.26 Å². The Morgan fingerprint density at radius 2 is 1.97 bits per heavy atom. The van der Waals surface area contributed by atoms with Gasteiger partial charge in [-0.15, -0.1) is 0 Å². The smallest absolute Gasteiger partial charge is 0.101 e. The molecular formula is C25H36ClN3. The van der Waals surface area contributed by atoms with Gasteiger partial charge < -0.3 is 9.80 Å². The first kappa shape index (κ1) is 23.4. The minimum Gasteiger partial charge on any atom is -0.372 e. The predicted octanol–water partition coefficient (Wildman–Crippen LogP) is 6.64.